The maximum atomic E-state index is 14.0. The molecule has 2 N–H and O–H groups in total. The number of halogens is 1. The van der Waals surface area contributed by atoms with Crippen LogP contribution in [0.25, 0.3) is 0 Å². The SMILES string of the molecule is CN(C1CCCCCC1)S(=O)(=O)c1cc(CN)ccc1F. The van der Waals surface area contributed by atoms with Gasteiger partial charge in [-0.15, -0.1) is 0 Å². The van der Waals surface area contributed by atoms with E-state index in [0.717, 1.165) is 38.5 Å². The monoisotopic (exact) mass is 314 g/mol. The Morgan fingerprint density at radius 2 is 1.86 bits per heavy atom. The summed E-state index contributed by atoms with van der Waals surface area (Å²) in [4.78, 5) is -0.266. The molecule has 1 aliphatic rings. The normalized spacial score (nSPS) is 17.9. The molecule has 118 valence electrons. The third kappa shape index (κ3) is 3.62. The molecular weight excluding hydrogens is 291 g/mol. The molecule has 1 fully saturated rings. The number of hydrogen-bond donors (Lipinski definition) is 1. The summed E-state index contributed by atoms with van der Waals surface area (Å²) in [5.74, 6) is -0.715. The van der Waals surface area contributed by atoms with Crippen molar-refractivity contribution in [3.8, 4) is 0 Å². The van der Waals surface area contributed by atoms with Crippen LogP contribution in [-0.4, -0.2) is 25.8 Å². The minimum atomic E-state index is -3.82. The van der Waals surface area contributed by atoms with Crippen LogP contribution in [-0.2, 0) is 16.6 Å². The number of nitrogens with zero attached hydrogens (tertiary/aromatic N) is 1. The molecule has 0 unspecified atom stereocenters. The first-order chi connectivity index (χ1) is 9.96. The van der Waals surface area contributed by atoms with Crippen LogP contribution < -0.4 is 5.73 Å². The van der Waals surface area contributed by atoms with E-state index >= 15 is 0 Å². The first-order valence-corrected chi connectivity index (χ1v) is 8.87. The molecule has 2 rings (SSSR count). The van der Waals surface area contributed by atoms with E-state index in [9.17, 15) is 12.8 Å². The fraction of sp³-hybridized carbons (Fsp3) is 0.600. The fourth-order valence-electron chi connectivity index (χ4n) is 2.85. The van der Waals surface area contributed by atoms with Gasteiger partial charge in [0.2, 0.25) is 10.0 Å². The van der Waals surface area contributed by atoms with E-state index in [4.69, 9.17) is 5.73 Å². The molecule has 0 aliphatic heterocycles. The van der Waals surface area contributed by atoms with Crippen LogP contribution >= 0.6 is 0 Å². The summed E-state index contributed by atoms with van der Waals surface area (Å²) in [6, 6.07) is 3.99. The summed E-state index contributed by atoms with van der Waals surface area (Å²) in [5, 5.41) is 0. The van der Waals surface area contributed by atoms with E-state index < -0.39 is 15.8 Å². The van der Waals surface area contributed by atoms with Gasteiger partial charge in [-0.05, 0) is 30.5 Å². The van der Waals surface area contributed by atoms with E-state index in [-0.39, 0.29) is 17.5 Å². The molecule has 6 heteroatoms. The number of benzene rings is 1. The van der Waals surface area contributed by atoms with Crippen LogP contribution in [0.15, 0.2) is 23.1 Å². The maximum absolute atomic E-state index is 14.0. The van der Waals surface area contributed by atoms with Gasteiger partial charge in [0, 0.05) is 19.6 Å². The van der Waals surface area contributed by atoms with Gasteiger partial charge in [0.25, 0.3) is 0 Å². The van der Waals surface area contributed by atoms with Crippen LogP contribution in [0.5, 0.6) is 0 Å². The molecule has 0 saturated heterocycles. The molecule has 1 aromatic rings. The number of rotatable bonds is 4. The molecule has 0 atom stereocenters. The molecule has 0 spiro atoms. The number of nitrogens with two attached hydrogens (primary N) is 1. The topological polar surface area (TPSA) is 63.4 Å². The van der Waals surface area contributed by atoms with Crippen molar-refractivity contribution in [1.29, 1.82) is 0 Å². The van der Waals surface area contributed by atoms with Gasteiger partial charge in [0.15, 0.2) is 0 Å². The van der Waals surface area contributed by atoms with Gasteiger partial charge in [-0.2, -0.15) is 4.31 Å². The zero-order valence-corrected chi connectivity index (χ0v) is 13.2. The Morgan fingerprint density at radius 3 is 2.43 bits per heavy atom. The molecule has 0 bridgehead atoms. The standard InChI is InChI=1S/C15H23FN2O2S/c1-18(13-6-4-2-3-5-7-13)21(19,20)15-10-12(11-17)8-9-14(15)16/h8-10,13H,2-7,11,17H2,1H3. The Labute approximate surface area is 126 Å². The zero-order valence-electron chi connectivity index (χ0n) is 12.4. The van der Waals surface area contributed by atoms with Crippen molar-refractivity contribution in [3.63, 3.8) is 0 Å². The molecular formula is C15H23FN2O2S. The average molecular weight is 314 g/mol. The van der Waals surface area contributed by atoms with Crippen molar-refractivity contribution in [2.45, 2.75) is 56.0 Å². The first kappa shape index (κ1) is 16.4. The Morgan fingerprint density at radius 1 is 1.24 bits per heavy atom. The van der Waals surface area contributed by atoms with E-state index in [1.807, 2.05) is 0 Å². The number of sulfonamides is 1. The van der Waals surface area contributed by atoms with Crippen molar-refractivity contribution in [2.75, 3.05) is 7.05 Å². The van der Waals surface area contributed by atoms with Crippen molar-refractivity contribution in [2.24, 2.45) is 5.73 Å². The second kappa shape index (κ2) is 6.85. The molecule has 0 aromatic heterocycles. The number of hydrogen-bond acceptors (Lipinski definition) is 3. The van der Waals surface area contributed by atoms with Gasteiger partial charge in [-0.25, -0.2) is 12.8 Å². The molecule has 0 amide bonds. The third-order valence-corrected chi connectivity index (χ3v) is 6.15. The lowest BCUT2D eigenvalue weighted by atomic mass is 10.1. The highest BCUT2D eigenvalue weighted by Gasteiger charge is 2.30. The summed E-state index contributed by atoms with van der Waals surface area (Å²) in [6.07, 6.45) is 6.01. The minimum absolute atomic E-state index is 0.0431. The van der Waals surface area contributed by atoms with Crippen LogP contribution in [0.1, 0.15) is 44.1 Å². The highest BCUT2D eigenvalue weighted by atomic mass is 32.2. The van der Waals surface area contributed by atoms with Gasteiger partial charge < -0.3 is 5.73 Å². The lowest BCUT2D eigenvalue weighted by Crippen LogP contribution is -2.37. The highest BCUT2D eigenvalue weighted by molar-refractivity contribution is 7.89. The van der Waals surface area contributed by atoms with E-state index in [2.05, 4.69) is 0 Å². The van der Waals surface area contributed by atoms with Gasteiger partial charge in [-0.3, -0.25) is 0 Å². The van der Waals surface area contributed by atoms with Crippen LogP contribution in [0.4, 0.5) is 4.39 Å². The zero-order chi connectivity index (χ0) is 15.5. The molecule has 1 aromatic carbocycles. The third-order valence-electron chi connectivity index (χ3n) is 4.23. The fourth-order valence-corrected chi connectivity index (χ4v) is 4.37. The first-order valence-electron chi connectivity index (χ1n) is 7.43. The Balaban J connectivity index is 2.31. The molecule has 21 heavy (non-hydrogen) atoms. The maximum Gasteiger partial charge on any atom is 0.245 e. The van der Waals surface area contributed by atoms with Crippen molar-refractivity contribution in [1.82, 2.24) is 4.31 Å². The van der Waals surface area contributed by atoms with Crippen LogP contribution in [0, 0.1) is 5.82 Å². The highest BCUT2D eigenvalue weighted by Crippen LogP contribution is 2.27. The predicted molar refractivity (Wildman–Crippen MR) is 80.7 cm³/mol. The second-order valence-electron chi connectivity index (χ2n) is 5.64. The molecule has 1 saturated carbocycles. The average Bonchev–Trinajstić information content (AvgIpc) is 2.75. The molecule has 4 nitrogen and oxygen atoms in total. The van der Waals surface area contributed by atoms with E-state index in [1.54, 1.807) is 7.05 Å². The smallest absolute Gasteiger partial charge is 0.245 e. The Bertz CT molecular complexity index is 581. The summed E-state index contributed by atoms with van der Waals surface area (Å²) in [6.45, 7) is 0.190. The summed E-state index contributed by atoms with van der Waals surface area (Å²) < 4.78 is 40.7. The van der Waals surface area contributed by atoms with Gasteiger partial charge in [0.05, 0.1) is 0 Å². The van der Waals surface area contributed by atoms with Crippen molar-refractivity contribution < 1.29 is 12.8 Å². The summed E-state index contributed by atoms with van der Waals surface area (Å²) >= 11 is 0. The molecule has 0 radical (unpaired) electrons. The molecule has 0 heterocycles. The summed E-state index contributed by atoms with van der Waals surface area (Å²) in [7, 11) is -2.26. The second-order valence-corrected chi connectivity index (χ2v) is 7.60. The van der Waals surface area contributed by atoms with Crippen LogP contribution in [0.2, 0.25) is 0 Å². The largest absolute Gasteiger partial charge is 0.326 e. The minimum Gasteiger partial charge on any atom is -0.326 e. The van der Waals surface area contributed by atoms with E-state index in [1.165, 1.54) is 22.5 Å². The molecule has 1 aliphatic carbocycles. The van der Waals surface area contributed by atoms with Gasteiger partial charge >= 0.3 is 0 Å². The Kier molecular flexibility index (Phi) is 5.35. The predicted octanol–water partition coefficient (Wildman–Crippen LogP) is 2.63. The lowest BCUT2D eigenvalue weighted by Gasteiger charge is -2.26. The van der Waals surface area contributed by atoms with Crippen LogP contribution in [0.3, 0.4) is 0 Å². The lowest BCUT2D eigenvalue weighted by molar-refractivity contribution is 0.334. The van der Waals surface area contributed by atoms with Gasteiger partial charge in [0.1, 0.15) is 10.7 Å². The Hall–Kier alpha value is -0.980. The summed E-state index contributed by atoms with van der Waals surface area (Å²) in [5.41, 5.74) is 6.14. The van der Waals surface area contributed by atoms with Crippen molar-refractivity contribution in [3.05, 3.63) is 29.6 Å². The quantitative estimate of drug-likeness (QED) is 0.869. The van der Waals surface area contributed by atoms with E-state index in [0.29, 0.717) is 5.56 Å². The van der Waals surface area contributed by atoms with Crippen molar-refractivity contribution >= 4 is 10.0 Å². The van der Waals surface area contributed by atoms with Gasteiger partial charge in [-0.1, -0.05) is 31.7 Å².